The van der Waals surface area contributed by atoms with Crippen molar-refractivity contribution in [2.24, 2.45) is 0 Å². The molecule has 1 heteroatoms. The first-order valence-corrected chi connectivity index (χ1v) is 5.13. The second kappa shape index (κ2) is 7.35. The predicted octanol–water partition coefficient (Wildman–Crippen LogP) is 3.07. The molecule has 0 N–H and O–H groups in total. The first-order valence-electron chi connectivity index (χ1n) is 5.13. The largest absolute Gasteiger partial charge is 0.297 e. The fourth-order valence-corrected chi connectivity index (χ4v) is 1.49. The first kappa shape index (κ1) is 11.7. The lowest BCUT2D eigenvalue weighted by atomic mass is 10.2. The highest BCUT2D eigenvalue weighted by Gasteiger charge is 2.07. The zero-order chi connectivity index (χ0) is 9.40. The molecule has 0 heterocycles. The van der Waals surface area contributed by atoms with Crippen LogP contribution in [0.3, 0.4) is 0 Å². The Kier molecular flexibility index (Phi) is 7.17. The number of hydrogen-bond acceptors (Lipinski definition) is 1. The second-order valence-electron chi connectivity index (χ2n) is 3.30. The van der Waals surface area contributed by atoms with Crippen LogP contribution in [0.2, 0.25) is 0 Å². The van der Waals surface area contributed by atoms with Gasteiger partial charge in [0.15, 0.2) is 0 Å². The highest BCUT2D eigenvalue weighted by molar-refractivity contribution is 4.89. The topological polar surface area (TPSA) is 3.24 Å². The van der Waals surface area contributed by atoms with Crippen LogP contribution in [0.25, 0.3) is 0 Å². The lowest BCUT2D eigenvalue weighted by Crippen LogP contribution is -2.33. The molecule has 0 aliphatic rings. The molecule has 0 saturated heterocycles. The van der Waals surface area contributed by atoms with Crippen molar-refractivity contribution < 1.29 is 0 Å². The van der Waals surface area contributed by atoms with Crippen molar-refractivity contribution in [3.8, 4) is 0 Å². The van der Waals surface area contributed by atoms with E-state index in [4.69, 9.17) is 0 Å². The van der Waals surface area contributed by atoms with E-state index in [2.05, 4.69) is 44.7 Å². The molecule has 0 spiro atoms. The molecular formula is C11H23N. The van der Waals surface area contributed by atoms with Gasteiger partial charge in [-0.25, -0.2) is 0 Å². The summed E-state index contributed by atoms with van der Waals surface area (Å²) in [6.07, 6.45) is 6.91. The molecule has 0 aromatic heterocycles. The smallest absolute Gasteiger partial charge is 0.0249 e. The fraction of sp³-hybridized carbons (Fsp3) is 0.818. The molecule has 0 aliphatic heterocycles. The van der Waals surface area contributed by atoms with Crippen LogP contribution in [-0.4, -0.2) is 24.0 Å². The van der Waals surface area contributed by atoms with Crippen molar-refractivity contribution in [1.29, 1.82) is 0 Å². The van der Waals surface area contributed by atoms with Gasteiger partial charge < -0.3 is 0 Å². The van der Waals surface area contributed by atoms with Crippen molar-refractivity contribution in [2.45, 2.75) is 46.6 Å². The molecule has 0 rings (SSSR count). The van der Waals surface area contributed by atoms with E-state index in [1.165, 1.54) is 25.9 Å². The van der Waals surface area contributed by atoms with E-state index in [1.807, 2.05) is 0 Å². The minimum absolute atomic E-state index is 0.606. The van der Waals surface area contributed by atoms with Crippen molar-refractivity contribution in [3.63, 3.8) is 0 Å². The van der Waals surface area contributed by atoms with Gasteiger partial charge in [-0.2, -0.15) is 0 Å². The minimum atomic E-state index is 0.606. The van der Waals surface area contributed by atoms with Crippen LogP contribution in [0.5, 0.6) is 0 Å². The summed E-state index contributed by atoms with van der Waals surface area (Å²) in [5.41, 5.74) is 0. The summed E-state index contributed by atoms with van der Waals surface area (Å²) >= 11 is 0. The SMILES string of the molecule is C/C=C/C(C)N(CCC)CCC. The Morgan fingerprint density at radius 1 is 1.17 bits per heavy atom. The molecule has 1 atom stereocenters. The molecule has 0 fully saturated rings. The molecule has 1 unspecified atom stereocenters. The quantitative estimate of drug-likeness (QED) is 0.552. The van der Waals surface area contributed by atoms with Gasteiger partial charge in [0, 0.05) is 6.04 Å². The van der Waals surface area contributed by atoms with Crippen LogP contribution in [-0.2, 0) is 0 Å². The molecule has 0 radical (unpaired) electrons. The molecule has 72 valence electrons. The van der Waals surface area contributed by atoms with Gasteiger partial charge in [-0.1, -0.05) is 26.0 Å². The number of rotatable bonds is 6. The van der Waals surface area contributed by atoms with Crippen LogP contribution in [0, 0.1) is 0 Å². The van der Waals surface area contributed by atoms with Crippen molar-refractivity contribution in [3.05, 3.63) is 12.2 Å². The molecule has 1 nitrogen and oxygen atoms in total. The Bertz CT molecular complexity index is 112. The molecule has 0 saturated carbocycles. The van der Waals surface area contributed by atoms with Crippen molar-refractivity contribution in [1.82, 2.24) is 4.90 Å². The van der Waals surface area contributed by atoms with Crippen LogP contribution in [0.1, 0.15) is 40.5 Å². The Balaban J connectivity index is 3.89. The Hall–Kier alpha value is -0.300. The Morgan fingerprint density at radius 2 is 1.67 bits per heavy atom. The van der Waals surface area contributed by atoms with Gasteiger partial charge in [-0.3, -0.25) is 4.90 Å². The predicted molar refractivity (Wildman–Crippen MR) is 56.4 cm³/mol. The molecule has 0 amide bonds. The summed E-state index contributed by atoms with van der Waals surface area (Å²) in [6.45, 7) is 11.3. The first-order chi connectivity index (χ1) is 5.76. The summed E-state index contributed by atoms with van der Waals surface area (Å²) in [4.78, 5) is 2.53. The van der Waals surface area contributed by atoms with E-state index in [1.54, 1.807) is 0 Å². The Labute approximate surface area is 77.5 Å². The van der Waals surface area contributed by atoms with Crippen LogP contribution < -0.4 is 0 Å². The zero-order valence-electron chi connectivity index (χ0n) is 9.01. The third kappa shape index (κ3) is 4.55. The normalized spacial score (nSPS) is 14.4. The van der Waals surface area contributed by atoms with Gasteiger partial charge in [0.25, 0.3) is 0 Å². The standard InChI is InChI=1S/C11H23N/c1-5-8-11(4)12(9-6-2)10-7-3/h5,8,11H,6-7,9-10H2,1-4H3/b8-5+. The summed E-state index contributed by atoms with van der Waals surface area (Å²) < 4.78 is 0. The van der Waals surface area contributed by atoms with E-state index in [0.717, 1.165) is 0 Å². The van der Waals surface area contributed by atoms with Gasteiger partial charge in [-0.05, 0) is 39.8 Å². The van der Waals surface area contributed by atoms with Gasteiger partial charge in [0.2, 0.25) is 0 Å². The maximum atomic E-state index is 2.53. The second-order valence-corrected chi connectivity index (χ2v) is 3.30. The average molecular weight is 169 g/mol. The van der Waals surface area contributed by atoms with E-state index in [-0.39, 0.29) is 0 Å². The zero-order valence-corrected chi connectivity index (χ0v) is 9.01. The molecule has 0 aliphatic carbocycles. The number of allylic oxidation sites excluding steroid dienone is 1. The van der Waals surface area contributed by atoms with E-state index in [9.17, 15) is 0 Å². The number of hydrogen-bond donors (Lipinski definition) is 0. The monoisotopic (exact) mass is 169 g/mol. The molecule has 0 aromatic rings. The highest BCUT2D eigenvalue weighted by Crippen LogP contribution is 2.03. The van der Waals surface area contributed by atoms with E-state index < -0.39 is 0 Å². The van der Waals surface area contributed by atoms with Gasteiger partial charge >= 0.3 is 0 Å². The maximum absolute atomic E-state index is 2.53. The summed E-state index contributed by atoms with van der Waals surface area (Å²) in [7, 11) is 0. The van der Waals surface area contributed by atoms with Gasteiger partial charge in [0.1, 0.15) is 0 Å². The van der Waals surface area contributed by atoms with Gasteiger partial charge in [0.05, 0.1) is 0 Å². The van der Waals surface area contributed by atoms with Crippen LogP contribution in [0.4, 0.5) is 0 Å². The van der Waals surface area contributed by atoms with Gasteiger partial charge in [-0.15, -0.1) is 0 Å². The summed E-state index contributed by atoms with van der Waals surface area (Å²) in [6, 6.07) is 0.606. The molecule has 0 bridgehead atoms. The number of nitrogens with zero attached hydrogens (tertiary/aromatic N) is 1. The molecule has 0 aromatic carbocycles. The lowest BCUT2D eigenvalue weighted by Gasteiger charge is -2.25. The van der Waals surface area contributed by atoms with E-state index >= 15 is 0 Å². The fourth-order valence-electron chi connectivity index (χ4n) is 1.49. The Morgan fingerprint density at radius 3 is 2.00 bits per heavy atom. The third-order valence-corrected chi connectivity index (χ3v) is 2.07. The summed E-state index contributed by atoms with van der Waals surface area (Å²) in [5.74, 6) is 0. The molecular weight excluding hydrogens is 146 g/mol. The maximum Gasteiger partial charge on any atom is 0.0249 e. The highest BCUT2D eigenvalue weighted by atomic mass is 15.1. The molecule has 12 heavy (non-hydrogen) atoms. The average Bonchev–Trinajstić information content (AvgIpc) is 2.04. The van der Waals surface area contributed by atoms with Crippen molar-refractivity contribution in [2.75, 3.05) is 13.1 Å². The summed E-state index contributed by atoms with van der Waals surface area (Å²) in [5, 5.41) is 0. The van der Waals surface area contributed by atoms with E-state index in [0.29, 0.717) is 6.04 Å². The van der Waals surface area contributed by atoms with Crippen molar-refractivity contribution >= 4 is 0 Å². The lowest BCUT2D eigenvalue weighted by molar-refractivity contribution is 0.242. The van der Waals surface area contributed by atoms with Crippen LogP contribution in [0.15, 0.2) is 12.2 Å². The van der Waals surface area contributed by atoms with Crippen LogP contribution >= 0.6 is 0 Å². The minimum Gasteiger partial charge on any atom is -0.297 e. The third-order valence-electron chi connectivity index (χ3n) is 2.07.